The van der Waals surface area contributed by atoms with Crippen molar-refractivity contribution in [3.63, 3.8) is 0 Å². The summed E-state index contributed by atoms with van der Waals surface area (Å²) in [6, 6.07) is 1.64. The average molecular weight is 222 g/mol. The molecule has 5 nitrogen and oxygen atoms in total. The minimum Gasteiger partial charge on any atom is -0.387 e. The van der Waals surface area contributed by atoms with Crippen LogP contribution in [0.4, 0.5) is 11.4 Å². The highest BCUT2D eigenvalue weighted by Gasteiger charge is 2.11. The molecule has 0 aliphatic carbocycles. The van der Waals surface area contributed by atoms with Crippen molar-refractivity contribution in [2.24, 2.45) is 0 Å². The molecule has 0 aliphatic rings. The molecule has 0 fully saturated rings. The number of anilines is 2. The highest BCUT2D eigenvalue weighted by molar-refractivity contribution is 5.84. The Balaban J connectivity index is 2.61. The largest absolute Gasteiger partial charge is 0.387 e. The number of hydrogen-bond donors (Lipinski definition) is 3. The Kier molecular flexibility index (Phi) is 4.57. The molecule has 0 saturated carbocycles. The SMILES string of the molecule is CCNC(=O)C(C)Nc1cncc(NC)c1. The fourth-order valence-electron chi connectivity index (χ4n) is 1.30. The molecule has 1 unspecified atom stereocenters. The smallest absolute Gasteiger partial charge is 0.242 e. The third-order valence-electron chi connectivity index (χ3n) is 2.15. The number of nitrogens with zero attached hydrogens (tertiary/aromatic N) is 1. The molecular formula is C11H18N4O. The second kappa shape index (κ2) is 5.95. The number of rotatable bonds is 5. The Morgan fingerprint density at radius 3 is 2.75 bits per heavy atom. The molecular weight excluding hydrogens is 204 g/mol. The first-order chi connectivity index (χ1) is 7.67. The number of hydrogen-bond acceptors (Lipinski definition) is 4. The summed E-state index contributed by atoms with van der Waals surface area (Å²) in [5.74, 6) is -0.0163. The van der Waals surface area contributed by atoms with Gasteiger partial charge in [-0.3, -0.25) is 9.78 Å². The zero-order valence-electron chi connectivity index (χ0n) is 9.87. The van der Waals surface area contributed by atoms with Crippen molar-refractivity contribution in [2.75, 3.05) is 24.2 Å². The van der Waals surface area contributed by atoms with Crippen LogP contribution in [0.1, 0.15) is 13.8 Å². The first-order valence-electron chi connectivity index (χ1n) is 5.34. The van der Waals surface area contributed by atoms with Crippen LogP contribution in [0.3, 0.4) is 0 Å². The number of carbonyl (C=O) groups excluding carboxylic acids is 1. The van der Waals surface area contributed by atoms with E-state index in [9.17, 15) is 4.79 Å². The van der Waals surface area contributed by atoms with Crippen molar-refractivity contribution in [1.29, 1.82) is 0 Å². The van der Waals surface area contributed by atoms with Crippen LogP contribution in [-0.2, 0) is 4.79 Å². The van der Waals surface area contributed by atoms with E-state index in [0.29, 0.717) is 6.54 Å². The van der Waals surface area contributed by atoms with Crippen LogP contribution in [0.15, 0.2) is 18.5 Å². The summed E-state index contributed by atoms with van der Waals surface area (Å²) in [5.41, 5.74) is 1.73. The molecule has 1 heterocycles. The van der Waals surface area contributed by atoms with E-state index in [-0.39, 0.29) is 11.9 Å². The van der Waals surface area contributed by atoms with Crippen molar-refractivity contribution >= 4 is 17.3 Å². The summed E-state index contributed by atoms with van der Waals surface area (Å²) < 4.78 is 0. The molecule has 1 atom stereocenters. The van der Waals surface area contributed by atoms with Gasteiger partial charge in [0.05, 0.1) is 23.8 Å². The predicted molar refractivity (Wildman–Crippen MR) is 65.6 cm³/mol. The second-order valence-electron chi connectivity index (χ2n) is 3.47. The Morgan fingerprint density at radius 1 is 1.44 bits per heavy atom. The standard InChI is InChI=1S/C11H18N4O/c1-4-14-11(16)8(2)15-10-5-9(12-3)6-13-7-10/h5-8,12,15H,4H2,1-3H3,(H,14,16). The lowest BCUT2D eigenvalue weighted by molar-refractivity contribution is -0.121. The molecule has 0 aliphatic heterocycles. The zero-order valence-corrected chi connectivity index (χ0v) is 9.87. The van der Waals surface area contributed by atoms with Gasteiger partial charge >= 0.3 is 0 Å². The van der Waals surface area contributed by atoms with Crippen LogP contribution < -0.4 is 16.0 Å². The molecule has 0 bridgehead atoms. The van der Waals surface area contributed by atoms with Gasteiger partial charge < -0.3 is 16.0 Å². The number of aromatic nitrogens is 1. The van der Waals surface area contributed by atoms with Crippen LogP contribution in [0.2, 0.25) is 0 Å². The molecule has 0 saturated heterocycles. The molecule has 3 N–H and O–H groups in total. The number of nitrogens with one attached hydrogen (secondary N) is 3. The zero-order chi connectivity index (χ0) is 12.0. The highest BCUT2D eigenvalue weighted by atomic mass is 16.2. The van der Waals surface area contributed by atoms with Crippen molar-refractivity contribution < 1.29 is 4.79 Å². The van der Waals surface area contributed by atoms with Gasteiger partial charge in [0, 0.05) is 13.6 Å². The maximum absolute atomic E-state index is 11.5. The average Bonchev–Trinajstić information content (AvgIpc) is 2.29. The van der Waals surface area contributed by atoms with Crippen LogP contribution in [-0.4, -0.2) is 30.5 Å². The Labute approximate surface area is 95.7 Å². The van der Waals surface area contributed by atoms with Crippen LogP contribution in [0, 0.1) is 0 Å². The molecule has 0 aromatic carbocycles. The van der Waals surface area contributed by atoms with E-state index in [1.807, 2.05) is 27.0 Å². The van der Waals surface area contributed by atoms with Crippen LogP contribution >= 0.6 is 0 Å². The minimum atomic E-state index is -0.270. The Morgan fingerprint density at radius 2 is 2.12 bits per heavy atom. The highest BCUT2D eigenvalue weighted by Crippen LogP contribution is 2.12. The Bertz CT molecular complexity index is 354. The van der Waals surface area contributed by atoms with Gasteiger partial charge in [-0.1, -0.05) is 0 Å². The summed E-state index contributed by atoms with van der Waals surface area (Å²) >= 11 is 0. The molecule has 1 amide bonds. The van der Waals surface area contributed by atoms with Crippen molar-refractivity contribution in [3.8, 4) is 0 Å². The molecule has 1 aromatic heterocycles. The van der Waals surface area contributed by atoms with E-state index in [1.165, 1.54) is 0 Å². The molecule has 0 radical (unpaired) electrons. The van der Waals surface area contributed by atoms with E-state index < -0.39 is 0 Å². The lowest BCUT2D eigenvalue weighted by atomic mass is 10.3. The lowest BCUT2D eigenvalue weighted by Gasteiger charge is -2.14. The van der Waals surface area contributed by atoms with Gasteiger partial charge in [0.25, 0.3) is 0 Å². The van der Waals surface area contributed by atoms with Crippen molar-refractivity contribution in [1.82, 2.24) is 10.3 Å². The Hall–Kier alpha value is -1.78. The number of amides is 1. The van der Waals surface area contributed by atoms with E-state index >= 15 is 0 Å². The van der Waals surface area contributed by atoms with Crippen molar-refractivity contribution in [2.45, 2.75) is 19.9 Å². The summed E-state index contributed by atoms with van der Waals surface area (Å²) in [6.07, 6.45) is 3.42. The van der Waals surface area contributed by atoms with Gasteiger partial charge in [0.2, 0.25) is 5.91 Å². The summed E-state index contributed by atoms with van der Waals surface area (Å²) in [7, 11) is 1.83. The van der Waals surface area contributed by atoms with E-state index in [2.05, 4.69) is 20.9 Å². The fourth-order valence-corrected chi connectivity index (χ4v) is 1.30. The maximum atomic E-state index is 11.5. The van der Waals surface area contributed by atoms with Crippen LogP contribution in [0.25, 0.3) is 0 Å². The molecule has 88 valence electrons. The van der Waals surface area contributed by atoms with Gasteiger partial charge in [-0.25, -0.2) is 0 Å². The normalized spacial score (nSPS) is 11.7. The van der Waals surface area contributed by atoms with Gasteiger partial charge in [-0.2, -0.15) is 0 Å². The number of carbonyl (C=O) groups is 1. The predicted octanol–water partition coefficient (Wildman–Crippen LogP) is 1.06. The first-order valence-corrected chi connectivity index (χ1v) is 5.34. The molecule has 16 heavy (non-hydrogen) atoms. The first kappa shape index (κ1) is 12.3. The molecule has 5 heteroatoms. The molecule has 1 rings (SSSR count). The summed E-state index contributed by atoms with van der Waals surface area (Å²) in [4.78, 5) is 15.5. The van der Waals surface area contributed by atoms with E-state index in [1.54, 1.807) is 12.4 Å². The van der Waals surface area contributed by atoms with Crippen LogP contribution in [0.5, 0.6) is 0 Å². The third kappa shape index (κ3) is 3.42. The number of likely N-dealkylation sites (N-methyl/N-ethyl adjacent to an activating group) is 1. The maximum Gasteiger partial charge on any atom is 0.242 e. The van der Waals surface area contributed by atoms with Gasteiger partial charge in [-0.05, 0) is 19.9 Å². The molecule has 1 aromatic rings. The van der Waals surface area contributed by atoms with Gasteiger partial charge in [0.15, 0.2) is 0 Å². The summed E-state index contributed by atoms with van der Waals surface area (Å²) in [5, 5.41) is 8.84. The van der Waals surface area contributed by atoms with E-state index in [4.69, 9.17) is 0 Å². The topological polar surface area (TPSA) is 66.0 Å². The summed E-state index contributed by atoms with van der Waals surface area (Å²) in [6.45, 7) is 4.35. The monoisotopic (exact) mass is 222 g/mol. The lowest BCUT2D eigenvalue weighted by Crippen LogP contribution is -2.37. The minimum absolute atomic E-state index is 0.0163. The number of pyridine rings is 1. The third-order valence-corrected chi connectivity index (χ3v) is 2.15. The van der Waals surface area contributed by atoms with Gasteiger partial charge in [-0.15, -0.1) is 0 Å². The fraction of sp³-hybridized carbons (Fsp3) is 0.455. The van der Waals surface area contributed by atoms with E-state index in [0.717, 1.165) is 11.4 Å². The molecule has 0 spiro atoms. The quantitative estimate of drug-likeness (QED) is 0.697. The van der Waals surface area contributed by atoms with Gasteiger partial charge in [0.1, 0.15) is 6.04 Å². The second-order valence-corrected chi connectivity index (χ2v) is 3.47. The van der Waals surface area contributed by atoms with Crippen molar-refractivity contribution in [3.05, 3.63) is 18.5 Å².